The van der Waals surface area contributed by atoms with E-state index in [4.69, 9.17) is 17.3 Å². The number of carbonyl (C=O) groups is 2. The van der Waals surface area contributed by atoms with E-state index in [1.54, 1.807) is 0 Å². The fraction of sp³-hybridized carbons (Fsp3) is 0.667. The Hall–Kier alpha value is -0.770. The molecule has 3 N–H and O–H groups in total. The molecule has 2 atom stereocenters. The zero-order chi connectivity index (χ0) is 9.02. The summed E-state index contributed by atoms with van der Waals surface area (Å²) in [6.45, 7) is 3.02. The van der Waals surface area contributed by atoms with Crippen LogP contribution in [-0.2, 0) is 9.59 Å². The second-order valence-corrected chi connectivity index (χ2v) is 2.90. The van der Waals surface area contributed by atoms with Crippen LogP contribution in [0.2, 0.25) is 0 Å². The van der Waals surface area contributed by atoms with Crippen molar-refractivity contribution in [1.29, 1.82) is 0 Å². The Labute approximate surface area is 70.1 Å². The SMILES string of the molecule is CC(Cl)C(=O)N[C@H](C)C(N)=O. The molecular weight excluding hydrogens is 168 g/mol. The molecule has 2 amide bonds. The van der Waals surface area contributed by atoms with Crippen LogP contribution in [0.15, 0.2) is 0 Å². The molecule has 0 aromatic rings. The van der Waals surface area contributed by atoms with Crippen molar-refractivity contribution < 1.29 is 9.59 Å². The van der Waals surface area contributed by atoms with Crippen molar-refractivity contribution >= 4 is 23.4 Å². The van der Waals surface area contributed by atoms with E-state index in [-0.39, 0.29) is 0 Å². The first-order valence-electron chi connectivity index (χ1n) is 3.19. The molecule has 11 heavy (non-hydrogen) atoms. The van der Waals surface area contributed by atoms with Crippen LogP contribution in [0.5, 0.6) is 0 Å². The molecule has 0 heterocycles. The molecule has 1 unspecified atom stereocenters. The molecule has 0 radical (unpaired) electrons. The minimum absolute atomic E-state index is 0.391. The number of nitrogens with two attached hydrogens (primary N) is 1. The summed E-state index contributed by atoms with van der Waals surface area (Å²) in [6, 6.07) is -0.663. The Morgan fingerprint density at radius 3 is 2.18 bits per heavy atom. The first-order valence-corrected chi connectivity index (χ1v) is 3.62. The van der Waals surface area contributed by atoms with Gasteiger partial charge in [0.25, 0.3) is 0 Å². The summed E-state index contributed by atoms with van der Waals surface area (Å²) >= 11 is 5.41. The molecule has 0 aliphatic carbocycles. The smallest absolute Gasteiger partial charge is 0.239 e. The molecule has 64 valence electrons. The van der Waals surface area contributed by atoms with E-state index in [2.05, 4.69) is 5.32 Å². The highest BCUT2D eigenvalue weighted by Gasteiger charge is 2.15. The molecule has 0 bridgehead atoms. The zero-order valence-electron chi connectivity index (χ0n) is 6.43. The standard InChI is InChI=1S/C6H11ClN2O2/c1-3(7)6(11)9-4(2)5(8)10/h3-4H,1-2H3,(H2,8,10)(H,9,11)/t3?,4-/m1/s1. The number of alkyl halides is 1. The van der Waals surface area contributed by atoms with Crippen molar-refractivity contribution in [3.05, 3.63) is 0 Å². The number of halogens is 1. The van der Waals surface area contributed by atoms with E-state index in [9.17, 15) is 9.59 Å². The lowest BCUT2D eigenvalue weighted by molar-refractivity contribution is -0.126. The van der Waals surface area contributed by atoms with Gasteiger partial charge >= 0.3 is 0 Å². The maximum atomic E-state index is 10.8. The van der Waals surface area contributed by atoms with E-state index in [0.717, 1.165) is 0 Å². The van der Waals surface area contributed by atoms with E-state index >= 15 is 0 Å². The fourth-order valence-electron chi connectivity index (χ4n) is 0.399. The third kappa shape index (κ3) is 3.83. The second-order valence-electron chi connectivity index (χ2n) is 2.25. The van der Waals surface area contributed by atoms with Gasteiger partial charge in [-0.1, -0.05) is 0 Å². The van der Waals surface area contributed by atoms with Gasteiger partial charge in [-0.2, -0.15) is 0 Å². The Kier molecular flexibility index (Phi) is 3.89. The molecule has 0 rings (SSSR count). The van der Waals surface area contributed by atoms with Gasteiger partial charge in [0, 0.05) is 0 Å². The van der Waals surface area contributed by atoms with Crippen LogP contribution < -0.4 is 11.1 Å². The van der Waals surface area contributed by atoms with Gasteiger partial charge < -0.3 is 11.1 Å². The van der Waals surface area contributed by atoms with Gasteiger partial charge in [-0.3, -0.25) is 9.59 Å². The summed E-state index contributed by atoms with van der Waals surface area (Å²) < 4.78 is 0. The summed E-state index contributed by atoms with van der Waals surface area (Å²) in [5.41, 5.74) is 4.89. The largest absolute Gasteiger partial charge is 0.368 e. The van der Waals surface area contributed by atoms with Crippen molar-refractivity contribution in [1.82, 2.24) is 5.32 Å². The molecule has 0 aliphatic rings. The first-order chi connectivity index (χ1) is 4.95. The fourth-order valence-corrected chi connectivity index (χ4v) is 0.462. The second kappa shape index (κ2) is 4.18. The van der Waals surface area contributed by atoms with Gasteiger partial charge in [0.05, 0.1) is 0 Å². The van der Waals surface area contributed by atoms with Crippen LogP contribution in [0, 0.1) is 0 Å². The van der Waals surface area contributed by atoms with Crippen molar-refractivity contribution in [2.45, 2.75) is 25.3 Å². The molecule has 0 aromatic carbocycles. The summed E-state index contributed by atoms with van der Waals surface area (Å²) in [5, 5.41) is 1.69. The quantitative estimate of drug-likeness (QED) is 0.578. The summed E-state index contributed by atoms with van der Waals surface area (Å²) in [5.74, 6) is -0.964. The minimum atomic E-state index is -0.663. The maximum absolute atomic E-state index is 10.8. The van der Waals surface area contributed by atoms with Crippen molar-refractivity contribution in [2.24, 2.45) is 5.73 Å². The summed E-state index contributed by atoms with van der Waals surface area (Å²) in [6.07, 6.45) is 0. The number of hydrogen-bond acceptors (Lipinski definition) is 2. The first kappa shape index (κ1) is 10.2. The molecule has 0 saturated heterocycles. The van der Waals surface area contributed by atoms with Crippen molar-refractivity contribution in [3.8, 4) is 0 Å². The van der Waals surface area contributed by atoms with Crippen molar-refractivity contribution in [2.75, 3.05) is 0 Å². The highest BCUT2D eigenvalue weighted by Crippen LogP contribution is 1.93. The topological polar surface area (TPSA) is 72.2 Å². The average molecular weight is 179 g/mol. The van der Waals surface area contributed by atoms with Gasteiger partial charge in [-0.25, -0.2) is 0 Å². The van der Waals surface area contributed by atoms with Crippen molar-refractivity contribution in [3.63, 3.8) is 0 Å². The third-order valence-corrected chi connectivity index (χ3v) is 1.35. The zero-order valence-corrected chi connectivity index (χ0v) is 7.18. The van der Waals surface area contributed by atoms with Gasteiger partial charge in [-0.15, -0.1) is 11.6 Å². The molecule has 4 nitrogen and oxygen atoms in total. The van der Waals surface area contributed by atoms with Crippen LogP contribution in [0.4, 0.5) is 0 Å². The van der Waals surface area contributed by atoms with E-state index < -0.39 is 23.2 Å². The van der Waals surface area contributed by atoms with E-state index in [0.29, 0.717) is 0 Å². The molecular formula is C6H11ClN2O2. The number of carbonyl (C=O) groups excluding carboxylic acids is 2. The van der Waals surface area contributed by atoms with Crippen LogP contribution in [-0.4, -0.2) is 23.2 Å². The molecule has 5 heteroatoms. The average Bonchev–Trinajstić information content (AvgIpc) is 1.87. The van der Waals surface area contributed by atoms with Gasteiger partial charge in [-0.05, 0) is 13.8 Å². The Balaban J connectivity index is 3.85. The normalized spacial score (nSPS) is 15.2. The number of amides is 2. The van der Waals surface area contributed by atoms with E-state index in [1.807, 2.05) is 0 Å². The number of rotatable bonds is 3. The highest BCUT2D eigenvalue weighted by atomic mass is 35.5. The molecule has 0 fully saturated rings. The van der Waals surface area contributed by atoms with Crippen LogP contribution in [0.1, 0.15) is 13.8 Å². The summed E-state index contributed by atoms with van der Waals surface area (Å²) in [4.78, 5) is 21.2. The monoisotopic (exact) mass is 178 g/mol. The van der Waals surface area contributed by atoms with Gasteiger partial charge in [0.2, 0.25) is 11.8 Å². The predicted octanol–water partition coefficient (Wildman–Crippen LogP) is -0.396. The number of primary amides is 1. The van der Waals surface area contributed by atoms with Crippen LogP contribution >= 0.6 is 11.6 Å². The Morgan fingerprint density at radius 1 is 1.45 bits per heavy atom. The molecule has 0 saturated carbocycles. The Bertz CT molecular complexity index is 170. The minimum Gasteiger partial charge on any atom is -0.368 e. The third-order valence-electron chi connectivity index (χ3n) is 1.15. The number of nitrogens with one attached hydrogen (secondary N) is 1. The van der Waals surface area contributed by atoms with Gasteiger partial charge in [0.15, 0.2) is 0 Å². The lowest BCUT2D eigenvalue weighted by Crippen LogP contribution is -2.44. The van der Waals surface area contributed by atoms with Gasteiger partial charge in [0.1, 0.15) is 11.4 Å². The maximum Gasteiger partial charge on any atom is 0.239 e. The Morgan fingerprint density at radius 2 is 1.91 bits per heavy atom. The van der Waals surface area contributed by atoms with Crippen LogP contribution in [0.3, 0.4) is 0 Å². The molecule has 0 aliphatic heterocycles. The van der Waals surface area contributed by atoms with Crippen LogP contribution in [0.25, 0.3) is 0 Å². The summed E-state index contributed by atoms with van der Waals surface area (Å²) in [7, 11) is 0. The lowest BCUT2D eigenvalue weighted by Gasteiger charge is -2.10. The number of hydrogen-bond donors (Lipinski definition) is 2. The molecule has 0 spiro atoms. The highest BCUT2D eigenvalue weighted by molar-refractivity contribution is 6.30. The predicted molar refractivity (Wildman–Crippen MR) is 42.1 cm³/mol. The molecule has 0 aromatic heterocycles. The lowest BCUT2D eigenvalue weighted by atomic mass is 10.3. The van der Waals surface area contributed by atoms with E-state index in [1.165, 1.54) is 13.8 Å².